The predicted octanol–water partition coefficient (Wildman–Crippen LogP) is 3.40. The molecule has 0 fully saturated rings. The van der Waals surface area contributed by atoms with Gasteiger partial charge in [0.25, 0.3) is 0 Å². The number of ether oxygens (including phenoxy) is 1. The number of likely N-dealkylation sites (N-methyl/N-ethyl adjacent to an activating group) is 1. The Morgan fingerprint density at radius 2 is 2.00 bits per heavy atom. The molecule has 2 N–H and O–H groups in total. The van der Waals surface area contributed by atoms with Crippen LogP contribution in [-0.2, 0) is 17.8 Å². The minimum Gasteiger partial charge on any atom is -0.486 e. The van der Waals surface area contributed by atoms with Gasteiger partial charge in [0.1, 0.15) is 17.4 Å². The second-order valence-corrected chi connectivity index (χ2v) is 7.97. The van der Waals surface area contributed by atoms with Gasteiger partial charge in [-0.25, -0.2) is 4.98 Å². The van der Waals surface area contributed by atoms with Crippen molar-refractivity contribution in [3.05, 3.63) is 45.9 Å². The van der Waals surface area contributed by atoms with E-state index in [0.29, 0.717) is 25.5 Å². The first kappa shape index (κ1) is 20.4. The zero-order chi connectivity index (χ0) is 19.1. The Balaban J connectivity index is 1.79. The average molecular weight is 376 g/mol. The molecule has 142 valence electrons. The lowest BCUT2D eigenvalue weighted by molar-refractivity contribution is -0.129. The Kier molecular flexibility index (Phi) is 7.60. The molecule has 1 unspecified atom stereocenters. The van der Waals surface area contributed by atoms with E-state index in [4.69, 9.17) is 10.5 Å². The van der Waals surface area contributed by atoms with E-state index < -0.39 is 0 Å². The fraction of sp³-hybridized carbons (Fsp3) is 0.500. The van der Waals surface area contributed by atoms with Crippen molar-refractivity contribution in [1.29, 1.82) is 0 Å². The van der Waals surface area contributed by atoms with E-state index in [9.17, 15) is 4.79 Å². The molecule has 1 heterocycles. The third-order valence-electron chi connectivity index (χ3n) is 4.39. The van der Waals surface area contributed by atoms with Crippen LogP contribution in [0.1, 0.15) is 36.5 Å². The Bertz CT molecular complexity index is 697. The molecule has 1 aromatic heterocycles. The van der Waals surface area contributed by atoms with Crippen molar-refractivity contribution in [1.82, 2.24) is 9.88 Å². The van der Waals surface area contributed by atoms with Gasteiger partial charge in [0, 0.05) is 25.0 Å². The highest BCUT2D eigenvalue weighted by Gasteiger charge is 2.15. The van der Waals surface area contributed by atoms with Crippen LogP contribution in [0.25, 0.3) is 0 Å². The van der Waals surface area contributed by atoms with E-state index in [1.54, 1.807) is 4.90 Å². The highest BCUT2D eigenvalue weighted by atomic mass is 32.1. The van der Waals surface area contributed by atoms with E-state index in [0.717, 1.165) is 22.9 Å². The quantitative estimate of drug-likeness (QED) is 0.729. The van der Waals surface area contributed by atoms with Gasteiger partial charge in [0.2, 0.25) is 5.91 Å². The maximum atomic E-state index is 12.3. The molecule has 0 saturated heterocycles. The van der Waals surface area contributed by atoms with E-state index in [1.165, 1.54) is 16.9 Å². The lowest BCUT2D eigenvalue weighted by Gasteiger charge is -2.21. The Morgan fingerprint density at radius 1 is 1.31 bits per heavy atom. The first-order valence-corrected chi connectivity index (χ1v) is 9.85. The van der Waals surface area contributed by atoms with Crippen LogP contribution in [0.5, 0.6) is 5.75 Å². The summed E-state index contributed by atoms with van der Waals surface area (Å²) in [6.45, 7) is 7.33. The van der Waals surface area contributed by atoms with Crippen LogP contribution < -0.4 is 10.5 Å². The minimum atomic E-state index is 0.0669. The fourth-order valence-corrected chi connectivity index (χ4v) is 3.07. The van der Waals surface area contributed by atoms with E-state index in [1.807, 2.05) is 43.6 Å². The molecule has 26 heavy (non-hydrogen) atoms. The van der Waals surface area contributed by atoms with Crippen LogP contribution in [0.3, 0.4) is 0 Å². The molecule has 1 amide bonds. The zero-order valence-corrected chi connectivity index (χ0v) is 16.9. The van der Waals surface area contributed by atoms with Gasteiger partial charge in [-0.15, -0.1) is 11.3 Å². The van der Waals surface area contributed by atoms with Gasteiger partial charge >= 0.3 is 0 Å². The number of rotatable bonds is 9. The molecule has 2 rings (SSSR count). The Morgan fingerprint density at radius 3 is 2.65 bits per heavy atom. The molecule has 1 aromatic carbocycles. The number of thiazole rings is 1. The fourth-order valence-electron chi connectivity index (χ4n) is 2.37. The maximum absolute atomic E-state index is 12.3. The average Bonchev–Trinajstić information content (AvgIpc) is 3.06. The Labute approximate surface area is 160 Å². The summed E-state index contributed by atoms with van der Waals surface area (Å²) in [6.07, 6.45) is 1.13. The molecule has 0 spiro atoms. The lowest BCUT2D eigenvalue weighted by atomic mass is 10.0. The van der Waals surface area contributed by atoms with Crippen LogP contribution in [0.15, 0.2) is 29.6 Å². The third kappa shape index (κ3) is 6.42. The van der Waals surface area contributed by atoms with Gasteiger partial charge in [-0.2, -0.15) is 0 Å². The topological polar surface area (TPSA) is 68.5 Å². The number of hydrogen-bond donors (Lipinski definition) is 1. The van der Waals surface area contributed by atoms with Crippen molar-refractivity contribution < 1.29 is 9.53 Å². The largest absolute Gasteiger partial charge is 0.486 e. The molecule has 0 aliphatic rings. The Hall–Kier alpha value is -1.92. The molecule has 6 heteroatoms. The smallest absolute Gasteiger partial charge is 0.228 e. The summed E-state index contributed by atoms with van der Waals surface area (Å²) in [5.74, 6) is 1.31. The van der Waals surface area contributed by atoms with Crippen molar-refractivity contribution in [3.63, 3.8) is 0 Å². The van der Waals surface area contributed by atoms with Crippen LogP contribution in [0.2, 0.25) is 0 Å². The number of aryl methyl sites for hydroxylation is 1. The van der Waals surface area contributed by atoms with Gasteiger partial charge in [-0.3, -0.25) is 4.79 Å². The molecule has 0 aliphatic heterocycles. The van der Waals surface area contributed by atoms with Gasteiger partial charge in [-0.05, 0) is 31.4 Å². The molecule has 1 atom stereocenters. The number of aromatic nitrogens is 1. The van der Waals surface area contributed by atoms with Crippen LogP contribution in [-0.4, -0.2) is 35.4 Å². The van der Waals surface area contributed by atoms with Crippen molar-refractivity contribution >= 4 is 17.2 Å². The SMILES string of the molecule is Cc1ccc(OCc2nc(CC(=O)N(C)CCC(N)C(C)C)cs2)cc1. The summed E-state index contributed by atoms with van der Waals surface area (Å²) < 4.78 is 5.74. The molecular weight excluding hydrogens is 346 g/mol. The first-order chi connectivity index (χ1) is 12.3. The number of benzene rings is 1. The number of hydrogen-bond acceptors (Lipinski definition) is 5. The molecule has 0 aliphatic carbocycles. The van der Waals surface area contributed by atoms with Crippen LogP contribution >= 0.6 is 11.3 Å². The first-order valence-electron chi connectivity index (χ1n) is 8.97. The lowest BCUT2D eigenvalue weighted by Crippen LogP contribution is -2.35. The maximum Gasteiger partial charge on any atom is 0.228 e. The number of carbonyl (C=O) groups is 1. The van der Waals surface area contributed by atoms with Gasteiger partial charge in [0.05, 0.1) is 12.1 Å². The van der Waals surface area contributed by atoms with Crippen molar-refractivity contribution in [2.24, 2.45) is 11.7 Å². The molecule has 5 nitrogen and oxygen atoms in total. The van der Waals surface area contributed by atoms with Gasteiger partial charge in [0.15, 0.2) is 0 Å². The summed E-state index contributed by atoms with van der Waals surface area (Å²) >= 11 is 1.52. The van der Waals surface area contributed by atoms with E-state index in [2.05, 4.69) is 18.8 Å². The second kappa shape index (κ2) is 9.69. The van der Waals surface area contributed by atoms with Crippen molar-refractivity contribution in [2.45, 2.75) is 46.3 Å². The molecular formula is C20H29N3O2S. The molecule has 0 radical (unpaired) electrons. The second-order valence-electron chi connectivity index (χ2n) is 7.02. The van der Waals surface area contributed by atoms with E-state index >= 15 is 0 Å². The third-order valence-corrected chi connectivity index (χ3v) is 5.27. The summed E-state index contributed by atoms with van der Waals surface area (Å²) in [4.78, 5) is 18.6. The van der Waals surface area contributed by atoms with Gasteiger partial charge in [-0.1, -0.05) is 31.5 Å². The van der Waals surface area contributed by atoms with Crippen molar-refractivity contribution in [3.8, 4) is 5.75 Å². The number of nitrogens with two attached hydrogens (primary N) is 1. The highest BCUT2D eigenvalue weighted by Crippen LogP contribution is 2.16. The highest BCUT2D eigenvalue weighted by molar-refractivity contribution is 7.09. The summed E-state index contributed by atoms with van der Waals surface area (Å²) in [5.41, 5.74) is 8.04. The predicted molar refractivity (Wildman–Crippen MR) is 106 cm³/mol. The summed E-state index contributed by atoms with van der Waals surface area (Å²) in [6, 6.07) is 8.05. The summed E-state index contributed by atoms with van der Waals surface area (Å²) in [5, 5.41) is 2.80. The number of amides is 1. The number of nitrogens with zero attached hydrogens (tertiary/aromatic N) is 2. The van der Waals surface area contributed by atoms with Crippen LogP contribution in [0, 0.1) is 12.8 Å². The van der Waals surface area contributed by atoms with E-state index in [-0.39, 0.29) is 11.9 Å². The molecule has 2 aromatic rings. The normalized spacial score (nSPS) is 12.2. The van der Waals surface area contributed by atoms with Gasteiger partial charge < -0.3 is 15.4 Å². The monoisotopic (exact) mass is 375 g/mol. The van der Waals surface area contributed by atoms with Crippen molar-refractivity contribution in [2.75, 3.05) is 13.6 Å². The minimum absolute atomic E-state index is 0.0669. The zero-order valence-electron chi connectivity index (χ0n) is 16.1. The molecule has 0 bridgehead atoms. The van der Waals surface area contributed by atoms with Crippen LogP contribution in [0.4, 0.5) is 0 Å². The standard InChI is InChI=1S/C20H29N3O2S/c1-14(2)18(21)9-10-23(4)20(24)11-16-13-26-19(22-16)12-25-17-7-5-15(3)6-8-17/h5-8,13-14,18H,9-12,21H2,1-4H3. The number of carbonyl (C=O) groups excluding carboxylic acids is 1. The summed E-state index contributed by atoms with van der Waals surface area (Å²) in [7, 11) is 1.82. The molecule has 0 saturated carbocycles.